The minimum Gasteiger partial charge on any atom is -0.443 e. The van der Waals surface area contributed by atoms with Gasteiger partial charge in [-0.05, 0) is 65.3 Å². The number of aliphatic hydroxyl groups excluding tert-OH is 1. The number of morpholine rings is 1. The molecule has 2 heterocycles. The molecule has 55 heavy (non-hydrogen) atoms. The zero-order valence-electron chi connectivity index (χ0n) is 31.6. The van der Waals surface area contributed by atoms with E-state index < -0.39 is 65.8 Å². The van der Waals surface area contributed by atoms with Crippen molar-refractivity contribution in [2.45, 2.75) is 84.3 Å². The fourth-order valence-corrected chi connectivity index (χ4v) is 5.82. The molecule has 0 aromatic heterocycles. The number of carbonyl (C=O) groups excluding carboxylic acids is 6. The summed E-state index contributed by atoms with van der Waals surface area (Å²) in [5.74, 6) is -2.97. The first-order chi connectivity index (χ1) is 25.8. The van der Waals surface area contributed by atoms with Gasteiger partial charge in [-0.2, -0.15) is 5.26 Å². The molecule has 0 unspecified atom stereocenters. The molecular weight excluding hydrogens is 715 g/mol. The summed E-state index contributed by atoms with van der Waals surface area (Å²) in [6.45, 7) is 9.90. The monoisotopic (exact) mass is 760 g/mol. The number of nitrogens with one attached hydrogen (secondary N) is 2. The van der Waals surface area contributed by atoms with E-state index in [4.69, 9.17) is 19.5 Å². The standard InChI is InChI=1S/C37H45BN6O11/c1-36(2,3)53-34(50)44(35(51)54-37(4,5)6)21-25-18-26(11-10-24(25)20-39)41-30(46)28(45)29-32(48)43(16-17-52-29)27-9-7-8-23(19-27)31(47)42-14-12-22(13-15-42)33(49)55-38-40/h7-11,18-19,22,28-29,40,45H,12-17,21H2,1-6H3,(H,41,46)/t28-,29-/m1/s1. The van der Waals surface area contributed by atoms with Crippen LogP contribution in [-0.4, -0.2) is 108 Å². The predicted molar refractivity (Wildman–Crippen MR) is 196 cm³/mol. The second-order valence-corrected chi connectivity index (χ2v) is 14.9. The van der Waals surface area contributed by atoms with E-state index in [9.17, 15) is 39.1 Å². The Balaban J connectivity index is 1.46. The molecule has 0 bridgehead atoms. The molecule has 2 atom stereocenters. The molecule has 0 aliphatic carbocycles. The molecule has 2 aromatic rings. The maximum atomic E-state index is 13.6. The van der Waals surface area contributed by atoms with Gasteiger partial charge in [-0.15, -0.1) is 0 Å². The molecule has 4 rings (SSSR count). The first-order valence-electron chi connectivity index (χ1n) is 17.6. The number of anilines is 2. The van der Waals surface area contributed by atoms with Crippen LogP contribution in [0.5, 0.6) is 0 Å². The van der Waals surface area contributed by atoms with Gasteiger partial charge in [0.05, 0.1) is 24.8 Å². The third-order valence-electron chi connectivity index (χ3n) is 8.42. The minimum atomic E-state index is -1.99. The van der Waals surface area contributed by atoms with E-state index in [0.29, 0.717) is 49.4 Å². The quantitative estimate of drug-likeness (QED) is 0.311. The van der Waals surface area contributed by atoms with Gasteiger partial charge in [-0.25, -0.2) is 14.5 Å². The number of nitrogens with zero attached hydrogens (tertiary/aromatic N) is 4. The number of rotatable bonds is 9. The van der Waals surface area contributed by atoms with Crippen molar-refractivity contribution in [3.63, 3.8) is 0 Å². The van der Waals surface area contributed by atoms with E-state index in [0.717, 1.165) is 0 Å². The van der Waals surface area contributed by atoms with Gasteiger partial charge in [0.1, 0.15) is 11.2 Å². The van der Waals surface area contributed by atoms with Crippen LogP contribution in [0.4, 0.5) is 21.0 Å². The van der Waals surface area contributed by atoms with Crippen LogP contribution in [0.15, 0.2) is 42.5 Å². The minimum absolute atomic E-state index is 0.0372. The summed E-state index contributed by atoms with van der Waals surface area (Å²) in [5, 5.41) is 30.3. The zero-order valence-corrected chi connectivity index (χ0v) is 31.6. The second kappa shape index (κ2) is 17.6. The zero-order chi connectivity index (χ0) is 40.7. The Bertz CT molecular complexity index is 1830. The number of likely N-dealkylation sites (tertiary alicyclic amines) is 1. The summed E-state index contributed by atoms with van der Waals surface area (Å²) in [7, 11) is 0.584. The number of hydrogen-bond acceptors (Lipinski definition) is 13. The number of nitriles is 1. The van der Waals surface area contributed by atoms with E-state index in [1.807, 2.05) is 6.07 Å². The number of piperidine rings is 1. The summed E-state index contributed by atoms with van der Waals surface area (Å²) in [4.78, 5) is 82.0. The van der Waals surface area contributed by atoms with E-state index in [-0.39, 0.29) is 35.9 Å². The van der Waals surface area contributed by atoms with Gasteiger partial charge in [0.15, 0.2) is 12.2 Å². The van der Waals surface area contributed by atoms with Crippen LogP contribution < -0.4 is 10.2 Å². The van der Waals surface area contributed by atoms with Gasteiger partial charge in [-0.3, -0.25) is 9.59 Å². The SMILES string of the molecule is CC(C)(C)OC(=O)N(Cc1cc(NC(=O)[C@H](O)[C@H]2OCCN(c3cccc(C(=O)N4CCC(C(=O)OB=N)CC4)c3)C2=O)ccc1C#N)C(=O)OC(C)(C)C. The van der Waals surface area contributed by atoms with Gasteiger partial charge in [0, 0.05) is 5.69 Å². The van der Waals surface area contributed by atoms with Crippen molar-refractivity contribution in [2.24, 2.45) is 5.92 Å². The van der Waals surface area contributed by atoms with Gasteiger partial charge < -0.3 is 24.6 Å². The average Bonchev–Trinajstić information content (AvgIpc) is 3.12. The number of benzene rings is 2. The van der Waals surface area contributed by atoms with Crippen LogP contribution >= 0.6 is 0 Å². The molecule has 0 radical (unpaired) electrons. The Morgan fingerprint density at radius 1 is 1.02 bits per heavy atom. The second-order valence-electron chi connectivity index (χ2n) is 14.9. The fraction of sp³-hybridized carbons (Fsp3) is 0.486. The van der Waals surface area contributed by atoms with Crippen LogP contribution in [0, 0.1) is 22.6 Å². The topological polar surface area (TPSA) is 229 Å². The molecule has 2 aliphatic rings. The number of imide groups is 1. The molecule has 292 valence electrons. The van der Waals surface area contributed by atoms with Crippen LogP contribution in [0.3, 0.4) is 0 Å². The average molecular weight is 761 g/mol. The van der Waals surface area contributed by atoms with Crippen LogP contribution in [-0.2, 0) is 39.8 Å². The van der Waals surface area contributed by atoms with Crippen molar-refractivity contribution < 1.29 is 52.7 Å². The molecule has 2 aliphatic heterocycles. The number of amides is 5. The molecule has 2 saturated heterocycles. The number of hydrogen-bond donors (Lipinski definition) is 3. The van der Waals surface area contributed by atoms with Gasteiger partial charge >= 0.3 is 141 Å². The van der Waals surface area contributed by atoms with Gasteiger partial charge in [0.25, 0.3) is 5.91 Å². The molecule has 0 saturated carbocycles. The fourth-order valence-electron chi connectivity index (χ4n) is 5.82. The first-order valence-corrected chi connectivity index (χ1v) is 17.6. The summed E-state index contributed by atoms with van der Waals surface area (Å²) in [6.07, 6.45) is -4.89. The van der Waals surface area contributed by atoms with E-state index >= 15 is 0 Å². The smallest absolute Gasteiger partial charge is 0.443 e. The molecule has 0 spiro atoms. The van der Waals surface area contributed by atoms with E-state index in [1.165, 1.54) is 29.2 Å². The van der Waals surface area contributed by atoms with Crippen LogP contribution in [0.2, 0.25) is 0 Å². The molecule has 3 N–H and O–H groups in total. The van der Waals surface area contributed by atoms with Crippen molar-refractivity contribution in [3.8, 4) is 6.07 Å². The van der Waals surface area contributed by atoms with Crippen molar-refractivity contribution >= 4 is 54.5 Å². The third-order valence-corrected chi connectivity index (χ3v) is 8.42. The summed E-state index contributed by atoms with van der Waals surface area (Å²) >= 11 is 0. The summed E-state index contributed by atoms with van der Waals surface area (Å²) in [6, 6.07) is 12.4. The Morgan fingerprint density at radius 3 is 2.24 bits per heavy atom. The van der Waals surface area contributed by atoms with Crippen LogP contribution in [0.1, 0.15) is 75.9 Å². The van der Waals surface area contributed by atoms with Crippen molar-refractivity contribution in [2.75, 3.05) is 36.5 Å². The van der Waals surface area contributed by atoms with Crippen molar-refractivity contribution in [1.82, 2.24) is 9.80 Å². The third kappa shape index (κ3) is 11.2. The Kier molecular flexibility index (Phi) is 13.5. The van der Waals surface area contributed by atoms with E-state index in [1.54, 1.807) is 64.6 Å². The van der Waals surface area contributed by atoms with Crippen molar-refractivity contribution in [3.05, 3.63) is 59.2 Å². The maximum absolute atomic E-state index is 13.6. The molecule has 2 aromatic carbocycles. The molecular formula is C37H45BN6O11. The molecule has 2 fully saturated rings. The van der Waals surface area contributed by atoms with E-state index in [2.05, 4.69) is 9.97 Å². The summed E-state index contributed by atoms with van der Waals surface area (Å²) in [5.41, 5.74) is -0.991. The molecule has 5 amide bonds. The number of aliphatic hydroxyl groups is 1. The number of ether oxygens (including phenoxy) is 3. The Labute approximate surface area is 319 Å². The molecule has 17 nitrogen and oxygen atoms in total. The van der Waals surface area contributed by atoms with Crippen molar-refractivity contribution in [1.29, 1.82) is 10.6 Å². The Hall–Kier alpha value is -5.67. The number of carbonyl (C=O) groups is 6. The molecule has 18 heteroatoms. The predicted octanol–water partition coefficient (Wildman–Crippen LogP) is 3.74. The summed E-state index contributed by atoms with van der Waals surface area (Å²) < 4.78 is 21.0. The van der Waals surface area contributed by atoms with Gasteiger partial charge in [-0.1, -0.05) is 0 Å². The van der Waals surface area contributed by atoms with Crippen LogP contribution in [0.25, 0.3) is 0 Å². The Morgan fingerprint density at radius 2 is 1.65 bits per heavy atom. The first kappa shape index (κ1) is 42.1. The normalized spacial score (nSPS) is 16.9. The van der Waals surface area contributed by atoms with Gasteiger partial charge in [0.2, 0.25) is 0 Å².